The van der Waals surface area contributed by atoms with Crippen molar-refractivity contribution in [1.29, 1.82) is 0 Å². The summed E-state index contributed by atoms with van der Waals surface area (Å²) in [5.74, 6) is 0. The molecular formula is C15H15NO3. The van der Waals surface area contributed by atoms with Crippen molar-refractivity contribution in [2.24, 2.45) is 0 Å². The minimum absolute atomic E-state index is 0.0165. The topological polar surface area (TPSA) is 63.4 Å². The molecule has 0 radical (unpaired) electrons. The van der Waals surface area contributed by atoms with Crippen molar-refractivity contribution in [3.8, 4) is 11.1 Å². The van der Waals surface area contributed by atoms with E-state index in [1.807, 2.05) is 44.2 Å². The first-order chi connectivity index (χ1) is 9.06. The van der Waals surface area contributed by atoms with Gasteiger partial charge in [0.25, 0.3) is 5.69 Å². The molecule has 2 aromatic carbocycles. The first kappa shape index (κ1) is 13.2. The summed E-state index contributed by atoms with van der Waals surface area (Å²) in [6, 6.07) is 11.2. The van der Waals surface area contributed by atoms with Gasteiger partial charge in [0, 0.05) is 6.07 Å². The Morgan fingerprint density at radius 1 is 1.21 bits per heavy atom. The van der Waals surface area contributed by atoms with E-state index in [-0.39, 0.29) is 12.3 Å². The Morgan fingerprint density at radius 3 is 2.37 bits per heavy atom. The zero-order valence-corrected chi connectivity index (χ0v) is 10.9. The number of nitro groups is 1. The highest BCUT2D eigenvalue weighted by Gasteiger charge is 2.20. The van der Waals surface area contributed by atoms with Gasteiger partial charge in [-0.15, -0.1) is 0 Å². The van der Waals surface area contributed by atoms with E-state index in [1.165, 1.54) is 6.07 Å². The first-order valence-corrected chi connectivity index (χ1v) is 6.00. The highest BCUT2D eigenvalue weighted by molar-refractivity contribution is 5.74. The van der Waals surface area contributed by atoms with Crippen LogP contribution in [-0.2, 0) is 6.61 Å². The summed E-state index contributed by atoms with van der Waals surface area (Å²) >= 11 is 0. The van der Waals surface area contributed by atoms with Crippen molar-refractivity contribution < 1.29 is 10.0 Å². The zero-order chi connectivity index (χ0) is 14.0. The minimum Gasteiger partial charge on any atom is -0.391 e. The maximum Gasteiger partial charge on any atom is 0.275 e. The van der Waals surface area contributed by atoms with Gasteiger partial charge in [-0.05, 0) is 36.1 Å². The van der Waals surface area contributed by atoms with E-state index in [9.17, 15) is 15.2 Å². The predicted octanol–water partition coefficient (Wildman–Crippen LogP) is 3.37. The number of benzene rings is 2. The van der Waals surface area contributed by atoms with E-state index in [1.54, 1.807) is 0 Å². The summed E-state index contributed by atoms with van der Waals surface area (Å²) in [6.07, 6.45) is 0. The molecule has 0 heterocycles. The lowest BCUT2D eigenvalue weighted by molar-refractivity contribution is -0.385. The molecule has 0 amide bonds. The molecule has 0 bridgehead atoms. The summed E-state index contributed by atoms with van der Waals surface area (Å²) < 4.78 is 0. The Kier molecular flexibility index (Phi) is 3.62. The number of hydrogen-bond acceptors (Lipinski definition) is 3. The van der Waals surface area contributed by atoms with Crippen LogP contribution in [0.5, 0.6) is 0 Å². The molecule has 0 unspecified atom stereocenters. The summed E-state index contributed by atoms with van der Waals surface area (Å²) in [7, 11) is 0. The first-order valence-electron chi connectivity index (χ1n) is 6.00. The van der Waals surface area contributed by atoms with Gasteiger partial charge in [0.15, 0.2) is 0 Å². The Labute approximate surface area is 111 Å². The van der Waals surface area contributed by atoms with E-state index in [0.29, 0.717) is 5.56 Å². The number of aliphatic hydroxyl groups is 1. The van der Waals surface area contributed by atoms with Crippen LogP contribution >= 0.6 is 0 Å². The lowest BCUT2D eigenvalue weighted by Crippen LogP contribution is -2.02. The van der Waals surface area contributed by atoms with E-state index >= 15 is 0 Å². The molecule has 98 valence electrons. The molecule has 0 aliphatic rings. The molecule has 0 saturated heterocycles. The molecule has 1 N–H and O–H groups in total. The van der Waals surface area contributed by atoms with E-state index in [2.05, 4.69) is 0 Å². The minimum atomic E-state index is -0.444. The third-order valence-corrected chi connectivity index (χ3v) is 3.30. The molecule has 0 aliphatic carbocycles. The van der Waals surface area contributed by atoms with Gasteiger partial charge in [-0.2, -0.15) is 0 Å². The number of hydrogen-bond donors (Lipinski definition) is 1. The van der Waals surface area contributed by atoms with Gasteiger partial charge in [0.2, 0.25) is 0 Å². The highest BCUT2D eigenvalue weighted by Crippen LogP contribution is 2.34. The van der Waals surface area contributed by atoms with E-state index in [0.717, 1.165) is 22.3 Å². The molecule has 4 nitrogen and oxygen atoms in total. The SMILES string of the molecule is Cc1cc([N+](=O)[O-])c(CO)c(C)c1-c1ccccc1. The van der Waals surface area contributed by atoms with Gasteiger partial charge in [0.1, 0.15) is 0 Å². The summed E-state index contributed by atoms with van der Waals surface area (Å²) in [5, 5.41) is 20.4. The normalized spacial score (nSPS) is 10.5. The molecule has 0 fully saturated rings. The summed E-state index contributed by atoms with van der Waals surface area (Å²) in [5.41, 5.74) is 3.93. The van der Waals surface area contributed by atoms with Crippen LogP contribution in [-0.4, -0.2) is 10.0 Å². The van der Waals surface area contributed by atoms with Crippen molar-refractivity contribution in [1.82, 2.24) is 0 Å². The molecule has 2 aromatic rings. The quantitative estimate of drug-likeness (QED) is 0.677. The highest BCUT2D eigenvalue weighted by atomic mass is 16.6. The van der Waals surface area contributed by atoms with Gasteiger partial charge in [-0.1, -0.05) is 30.3 Å². The van der Waals surface area contributed by atoms with Crippen LogP contribution in [0.15, 0.2) is 36.4 Å². The molecule has 0 atom stereocenters. The zero-order valence-electron chi connectivity index (χ0n) is 10.9. The lowest BCUT2D eigenvalue weighted by atomic mass is 9.91. The Balaban J connectivity index is 2.74. The monoisotopic (exact) mass is 257 g/mol. The van der Waals surface area contributed by atoms with Crippen molar-refractivity contribution in [2.45, 2.75) is 20.5 Å². The van der Waals surface area contributed by atoms with Crippen LogP contribution in [0.2, 0.25) is 0 Å². The van der Waals surface area contributed by atoms with Crippen LogP contribution in [0.4, 0.5) is 5.69 Å². The maximum atomic E-state index is 11.0. The molecule has 19 heavy (non-hydrogen) atoms. The fourth-order valence-electron chi connectivity index (χ4n) is 2.41. The van der Waals surface area contributed by atoms with Gasteiger partial charge in [-0.25, -0.2) is 0 Å². The fourth-order valence-corrected chi connectivity index (χ4v) is 2.41. The van der Waals surface area contributed by atoms with Gasteiger partial charge in [-0.3, -0.25) is 10.1 Å². The molecule has 0 spiro atoms. The molecule has 0 saturated carbocycles. The summed E-state index contributed by atoms with van der Waals surface area (Å²) in [6.45, 7) is 3.33. The fraction of sp³-hybridized carbons (Fsp3) is 0.200. The molecule has 4 heteroatoms. The van der Waals surface area contributed by atoms with Gasteiger partial charge >= 0.3 is 0 Å². The third-order valence-electron chi connectivity index (χ3n) is 3.30. The Morgan fingerprint density at radius 2 is 1.84 bits per heavy atom. The largest absolute Gasteiger partial charge is 0.391 e. The van der Waals surface area contributed by atoms with Crippen molar-refractivity contribution in [3.63, 3.8) is 0 Å². The lowest BCUT2D eigenvalue weighted by Gasteiger charge is -2.14. The number of nitro benzene ring substituents is 1. The second kappa shape index (κ2) is 5.20. The predicted molar refractivity (Wildman–Crippen MR) is 73.9 cm³/mol. The standard InChI is InChI=1S/C15H15NO3/c1-10-8-14(16(18)19)13(9-17)11(2)15(10)12-6-4-3-5-7-12/h3-8,17H,9H2,1-2H3. The van der Waals surface area contributed by atoms with Crippen LogP contribution in [0.25, 0.3) is 11.1 Å². The average molecular weight is 257 g/mol. The third kappa shape index (κ3) is 2.35. The second-order valence-electron chi connectivity index (χ2n) is 4.47. The smallest absolute Gasteiger partial charge is 0.275 e. The van der Waals surface area contributed by atoms with Crippen LogP contribution in [0.1, 0.15) is 16.7 Å². The number of aliphatic hydroxyl groups excluding tert-OH is 1. The van der Waals surface area contributed by atoms with Crippen molar-refractivity contribution in [3.05, 3.63) is 63.2 Å². The number of aryl methyl sites for hydroxylation is 1. The molecular weight excluding hydrogens is 242 g/mol. The second-order valence-corrected chi connectivity index (χ2v) is 4.47. The Hall–Kier alpha value is -2.20. The maximum absolute atomic E-state index is 11.0. The Bertz CT molecular complexity index is 621. The average Bonchev–Trinajstić information content (AvgIpc) is 2.39. The van der Waals surface area contributed by atoms with Crippen LogP contribution in [0.3, 0.4) is 0 Å². The van der Waals surface area contributed by atoms with Crippen LogP contribution < -0.4 is 0 Å². The van der Waals surface area contributed by atoms with Crippen molar-refractivity contribution in [2.75, 3.05) is 0 Å². The van der Waals surface area contributed by atoms with Crippen molar-refractivity contribution >= 4 is 5.69 Å². The molecule has 2 rings (SSSR count). The number of nitrogens with zero attached hydrogens (tertiary/aromatic N) is 1. The van der Waals surface area contributed by atoms with E-state index < -0.39 is 4.92 Å². The van der Waals surface area contributed by atoms with E-state index in [4.69, 9.17) is 0 Å². The van der Waals surface area contributed by atoms with Gasteiger partial charge < -0.3 is 5.11 Å². The van der Waals surface area contributed by atoms with Crippen LogP contribution in [0, 0.1) is 24.0 Å². The summed E-state index contributed by atoms with van der Waals surface area (Å²) in [4.78, 5) is 10.6. The van der Waals surface area contributed by atoms with Gasteiger partial charge in [0.05, 0.1) is 17.1 Å². The number of rotatable bonds is 3. The molecule has 0 aromatic heterocycles. The molecule has 0 aliphatic heterocycles.